The Hall–Kier alpha value is -2.56. The lowest BCUT2D eigenvalue weighted by atomic mass is 10.1. The zero-order valence-electron chi connectivity index (χ0n) is 15.8. The second-order valence-corrected chi connectivity index (χ2v) is 6.90. The summed E-state index contributed by atoms with van der Waals surface area (Å²) in [4.78, 5) is 14.6. The number of carbonyl (C=O) groups is 1. The van der Waals surface area contributed by atoms with Crippen molar-refractivity contribution >= 4 is 17.3 Å². The first-order valence-corrected chi connectivity index (χ1v) is 9.76. The number of nitrogens with zero attached hydrogens (tertiary/aromatic N) is 1. The molecule has 1 amide bonds. The Labute approximate surface area is 160 Å². The predicted molar refractivity (Wildman–Crippen MR) is 107 cm³/mol. The van der Waals surface area contributed by atoms with E-state index in [1.165, 1.54) is 12.5 Å². The fourth-order valence-electron chi connectivity index (χ4n) is 3.24. The molecule has 1 aliphatic heterocycles. The average Bonchev–Trinajstić information content (AvgIpc) is 2.69. The molecule has 1 aliphatic rings. The Morgan fingerprint density at radius 1 is 1.15 bits per heavy atom. The first-order valence-electron chi connectivity index (χ1n) is 9.76. The molecule has 1 fully saturated rings. The zero-order valence-corrected chi connectivity index (χ0v) is 15.8. The minimum absolute atomic E-state index is 0.277. The van der Waals surface area contributed by atoms with Crippen LogP contribution in [0.3, 0.4) is 0 Å². The van der Waals surface area contributed by atoms with Gasteiger partial charge in [-0.2, -0.15) is 0 Å². The van der Waals surface area contributed by atoms with E-state index in [0.29, 0.717) is 29.3 Å². The van der Waals surface area contributed by atoms with Crippen LogP contribution in [0.25, 0.3) is 0 Å². The van der Waals surface area contributed by atoms with Crippen LogP contribution in [0.4, 0.5) is 15.8 Å². The number of nitrogens with one attached hydrogen (secondary N) is 1. The third kappa shape index (κ3) is 5.22. The molecule has 0 atom stereocenters. The molecule has 1 heterocycles. The number of anilines is 2. The molecule has 27 heavy (non-hydrogen) atoms. The first-order chi connectivity index (χ1) is 13.2. The monoisotopic (exact) mass is 370 g/mol. The highest BCUT2D eigenvalue weighted by molar-refractivity contribution is 6.04. The van der Waals surface area contributed by atoms with Crippen LogP contribution in [0.5, 0.6) is 5.75 Å². The van der Waals surface area contributed by atoms with Crippen LogP contribution < -0.4 is 15.0 Å². The summed E-state index contributed by atoms with van der Waals surface area (Å²) < 4.78 is 20.2. The van der Waals surface area contributed by atoms with Gasteiger partial charge in [0.15, 0.2) is 0 Å². The number of amides is 1. The average molecular weight is 370 g/mol. The number of carbonyl (C=O) groups excluding carboxylic acids is 1. The van der Waals surface area contributed by atoms with Gasteiger partial charge in [0.1, 0.15) is 11.6 Å². The topological polar surface area (TPSA) is 41.6 Å². The number of unbranched alkanes of at least 4 members (excludes halogenated alkanes) is 1. The third-order valence-corrected chi connectivity index (χ3v) is 4.77. The van der Waals surface area contributed by atoms with Crippen LogP contribution in [0.2, 0.25) is 0 Å². The molecule has 0 bridgehead atoms. The van der Waals surface area contributed by atoms with E-state index >= 15 is 0 Å². The lowest BCUT2D eigenvalue weighted by molar-refractivity contribution is 0.102. The van der Waals surface area contributed by atoms with Crippen molar-refractivity contribution in [2.45, 2.75) is 39.0 Å². The molecule has 0 spiro atoms. The van der Waals surface area contributed by atoms with Crippen LogP contribution in [-0.4, -0.2) is 25.6 Å². The molecule has 0 aliphatic carbocycles. The summed E-state index contributed by atoms with van der Waals surface area (Å²) in [5.41, 5.74) is 1.55. The smallest absolute Gasteiger partial charge is 0.255 e. The number of hydrogen-bond donors (Lipinski definition) is 1. The molecule has 1 saturated heterocycles. The predicted octanol–water partition coefficient (Wildman–Crippen LogP) is 5.25. The Morgan fingerprint density at radius 2 is 1.96 bits per heavy atom. The molecule has 144 valence electrons. The second kappa shape index (κ2) is 9.40. The summed E-state index contributed by atoms with van der Waals surface area (Å²) in [5, 5.41) is 2.77. The fourth-order valence-corrected chi connectivity index (χ4v) is 3.24. The highest BCUT2D eigenvalue weighted by Gasteiger charge is 2.16. The van der Waals surface area contributed by atoms with Gasteiger partial charge in [-0.15, -0.1) is 0 Å². The maximum atomic E-state index is 14.5. The van der Waals surface area contributed by atoms with E-state index in [4.69, 9.17) is 4.74 Å². The van der Waals surface area contributed by atoms with Crippen LogP contribution in [0.15, 0.2) is 42.5 Å². The molecule has 0 unspecified atom stereocenters. The Morgan fingerprint density at radius 3 is 2.70 bits per heavy atom. The number of hydrogen-bond acceptors (Lipinski definition) is 3. The maximum absolute atomic E-state index is 14.5. The van der Waals surface area contributed by atoms with Gasteiger partial charge < -0.3 is 15.0 Å². The van der Waals surface area contributed by atoms with Gasteiger partial charge in [-0.1, -0.05) is 19.4 Å². The van der Waals surface area contributed by atoms with Gasteiger partial charge in [-0.3, -0.25) is 4.79 Å². The molecule has 2 aromatic carbocycles. The Balaban J connectivity index is 1.65. The highest BCUT2D eigenvalue weighted by Crippen LogP contribution is 2.26. The maximum Gasteiger partial charge on any atom is 0.255 e. The molecule has 1 N–H and O–H groups in total. The van der Waals surface area contributed by atoms with Crippen molar-refractivity contribution in [2.75, 3.05) is 29.9 Å². The van der Waals surface area contributed by atoms with Gasteiger partial charge >= 0.3 is 0 Å². The van der Waals surface area contributed by atoms with Gasteiger partial charge in [0, 0.05) is 24.3 Å². The van der Waals surface area contributed by atoms with Gasteiger partial charge in [0.05, 0.1) is 12.3 Å². The summed E-state index contributed by atoms with van der Waals surface area (Å²) in [6.07, 6.45) is 5.41. The quantitative estimate of drug-likeness (QED) is 0.677. The molecule has 2 aromatic rings. The van der Waals surface area contributed by atoms with E-state index < -0.39 is 0 Å². The molecule has 3 rings (SSSR count). The standard InChI is InChI=1S/C22H27FN2O2/c1-2-3-14-27-19-9-7-8-17(15-19)22(26)24-18-10-11-21(20(23)16-18)25-12-5-4-6-13-25/h7-11,15-16H,2-6,12-14H2,1H3,(H,24,26). The summed E-state index contributed by atoms with van der Waals surface area (Å²) in [6, 6.07) is 12.0. The number of halogens is 1. The van der Waals surface area contributed by atoms with Crippen LogP contribution in [0, 0.1) is 5.82 Å². The van der Waals surface area contributed by atoms with Crippen molar-refractivity contribution in [3.05, 3.63) is 53.8 Å². The van der Waals surface area contributed by atoms with Gasteiger partial charge in [0.25, 0.3) is 5.91 Å². The third-order valence-electron chi connectivity index (χ3n) is 4.77. The number of ether oxygens (including phenoxy) is 1. The van der Waals surface area contributed by atoms with Crippen molar-refractivity contribution in [1.29, 1.82) is 0 Å². The first kappa shape index (κ1) is 19.2. The molecular weight excluding hydrogens is 343 g/mol. The summed E-state index contributed by atoms with van der Waals surface area (Å²) >= 11 is 0. The van der Waals surface area contributed by atoms with Gasteiger partial charge in [-0.05, 0) is 62.1 Å². The van der Waals surface area contributed by atoms with E-state index in [1.54, 1.807) is 30.3 Å². The van der Waals surface area contributed by atoms with Crippen molar-refractivity contribution in [1.82, 2.24) is 0 Å². The van der Waals surface area contributed by atoms with Crippen molar-refractivity contribution in [3.8, 4) is 5.75 Å². The lowest BCUT2D eigenvalue weighted by Crippen LogP contribution is -2.30. The minimum Gasteiger partial charge on any atom is -0.494 e. The molecule has 5 heteroatoms. The number of benzene rings is 2. The highest BCUT2D eigenvalue weighted by atomic mass is 19.1. The van der Waals surface area contributed by atoms with E-state index in [9.17, 15) is 9.18 Å². The van der Waals surface area contributed by atoms with Crippen molar-refractivity contribution < 1.29 is 13.9 Å². The normalized spacial score (nSPS) is 14.1. The molecule has 0 aromatic heterocycles. The van der Waals surface area contributed by atoms with E-state index in [-0.39, 0.29) is 11.7 Å². The summed E-state index contributed by atoms with van der Waals surface area (Å²) in [6.45, 7) is 4.49. The van der Waals surface area contributed by atoms with Crippen molar-refractivity contribution in [3.63, 3.8) is 0 Å². The van der Waals surface area contributed by atoms with Crippen LogP contribution in [0.1, 0.15) is 49.4 Å². The fraction of sp³-hybridized carbons (Fsp3) is 0.409. The van der Waals surface area contributed by atoms with Gasteiger partial charge in [-0.25, -0.2) is 4.39 Å². The van der Waals surface area contributed by atoms with E-state index in [0.717, 1.165) is 38.8 Å². The molecular formula is C22H27FN2O2. The van der Waals surface area contributed by atoms with E-state index in [1.807, 2.05) is 6.07 Å². The molecule has 0 radical (unpaired) electrons. The van der Waals surface area contributed by atoms with Crippen LogP contribution in [-0.2, 0) is 0 Å². The number of rotatable bonds is 7. The van der Waals surface area contributed by atoms with Crippen molar-refractivity contribution in [2.24, 2.45) is 0 Å². The molecule has 0 saturated carbocycles. The Bertz CT molecular complexity index is 773. The second-order valence-electron chi connectivity index (χ2n) is 6.90. The summed E-state index contributed by atoms with van der Waals surface area (Å²) in [7, 11) is 0. The minimum atomic E-state index is -0.300. The largest absolute Gasteiger partial charge is 0.494 e. The Kier molecular flexibility index (Phi) is 6.69. The van der Waals surface area contributed by atoms with E-state index in [2.05, 4.69) is 17.1 Å². The molecule has 4 nitrogen and oxygen atoms in total. The summed E-state index contributed by atoms with van der Waals surface area (Å²) in [5.74, 6) is 0.0927. The van der Waals surface area contributed by atoms with Gasteiger partial charge in [0.2, 0.25) is 0 Å². The van der Waals surface area contributed by atoms with Crippen LogP contribution >= 0.6 is 0 Å². The zero-order chi connectivity index (χ0) is 19.1. The number of piperidine rings is 1. The SMILES string of the molecule is CCCCOc1cccc(C(=O)Nc2ccc(N3CCCCC3)c(F)c2)c1. The lowest BCUT2D eigenvalue weighted by Gasteiger charge is -2.29.